The molecule has 3 aromatic rings. The molecule has 1 aromatic carbocycles. The zero-order valence-corrected chi connectivity index (χ0v) is 21.2. The van der Waals surface area contributed by atoms with Crippen molar-refractivity contribution in [1.82, 2.24) is 19.9 Å². The van der Waals surface area contributed by atoms with E-state index in [0.717, 1.165) is 0 Å². The second kappa shape index (κ2) is 10.4. The molecule has 0 saturated heterocycles. The molecule has 0 fully saturated rings. The molecule has 35 heavy (non-hydrogen) atoms. The van der Waals surface area contributed by atoms with Gasteiger partial charge in [-0.3, -0.25) is 9.89 Å². The number of carbonyl (C=O) groups excluding carboxylic acids is 1. The van der Waals surface area contributed by atoms with E-state index in [-0.39, 0.29) is 27.7 Å². The van der Waals surface area contributed by atoms with Crippen LogP contribution in [-0.2, 0) is 10.0 Å². The van der Waals surface area contributed by atoms with E-state index in [9.17, 15) is 17.6 Å². The maximum Gasteiger partial charge on any atom is 0.281 e. The number of amides is 1. The highest BCUT2D eigenvalue weighted by Crippen LogP contribution is 2.28. The van der Waals surface area contributed by atoms with Gasteiger partial charge in [0.15, 0.2) is 5.03 Å². The van der Waals surface area contributed by atoms with Gasteiger partial charge in [-0.15, -0.1) is 0 Å². The monoisotopic (exact) mass is 503 g/mol. The highest BCUT2D eigenvalue weighted by Gasteiger charge is 2.23. The van der Waals surface area contributed by atoms with Crippen LogP contribution in [0.25, 0.3) is 11.3 Å². The van der Waals surface area contributed by atoms with Crippen LogP contribution in [-0.4, -0.2) is 42.7 Å². The number of anilines is 1. The Morgan fingerprint density at radius 1 is 1.17 bits per heavy atom. The number of hydrogen-bond acceptors (Lipinski definition) is 7. The molecular formula is C24H30FN5O4S. The molecule has 0 atom stereocenters. The minimum Gasteiger partial charge on any atom is -0.493 e. The number of hydrogen-bond donors (Lipinski definition) is 3. The van der Waals surface area contributed by atoms with Crippen LogP contribution in [0.1, 0.15) is 45.0 Å². The number of sulfonamides is 1. The lowest BCUT2D eigenvalue weighted by Gasteiger charge is -2.21. The summed E-state index contributed by atoms with van der Waals surface area (Å²) < 4.78 is 46.9. The molecule has 188 valence electrons. The molecule has 0 aliphatic rings. The Bertz CT molecular complexity index is 1290. The Morgan fingerprint density at radius 3 is 2.54 bits per heavy atom. The third-order valence-corrected chi connectivity index (χ3v) is 5.93. The van der Waals surface area contributed by atoms with Gasteiger partial charge in [0.25, 0.3) is 15.9 Å². The average molecular weight is 504 g/mol. The summed E-state index contributed by atoms with van der Waals surface area (Å²) >= 11 is 0. The van der Waals surface area contributed by atoms with Crippen molar-refractivity contribution >= 4 is 21.7 Å². The number of aromatic amines is 1. The molecule has 0 aliphatic heterocycles. The summed E-state index contributed by atoms with van der Waals surface area (Å²) in [6.45, 7) is 10.9. The summed E-state index contributed by atoms with van der Waals surface area (Å²) in [4.78, 5) is 17.4. The minimum atomic E-state index is -4.15. The second-order valence-electron chi connectivity index (χ2n) is 9.74. The molecule has 9 nitrogen and oxygen atoms in total. The fourth-order valence-corrected chi connectivity index (χ4v) is 3.85. The van der Waals surface area contributed by atoms with Crippen molar-refractivity contribution < 1.29 is 22.3 Å². The zero-order valence-electron chi connectivity index (χ0n) is 20.3. The standard InChI is InChI=1S/C24H30FN5O4S/c1-15(2)13-34-18-11-16(10-17(25)12-18)20-7-6-19(22(28-20)26-14-24(3,4)5)23(31)30-35(32,33)21-8-9-27-29-21/h6-12,15H,13-14H2,1-5H3,(H,26,28)(H,27,29)(H,30,31). The topological polar surface area (TPSA) is 126 Å². The molecule has 2 heterocycles. The Balaban J connectivity index is 1.97. The fourth-order valence-electron chi connectivity index (χ4n) is 2.97. The molecule has 0 radical (unpaired) electrons. The van der Waals surface area contributed by atoms with Crippen molar-refractivity contribution in [2.45, 2.75) is 39.6 Å². The van der Waals surface area contributed by atoms with E-state index in [2.05, 4.69) is 20.5 Å². The van der Waals surface area contributed by atoms with E-state index < -0.39 is 21.7 Å². The van der Waals surface area contributed by atoms with E-state index in [4.69, 9.17) is 4.74 Å². The van der Waals surface area contributed by atoms with Gasteiger partial charge in [0.1, 0.15) is 17.4 Å². The summed E-state index contributed by atoms with van der Waals surface area (Å²) in [5, 5.41) is 8.80. The fraction of sp³-hybridized carbons (Fsp3) is 0.375. The maximum absolute atomic E-state index is 14.3. The Labute approximate surface area is 204 Å². The van der Waals surface area contributed by atoms with Gasteiger partial charge in [0, 0.05) is 18.2 Å². The number of halogens is 1. The molecule has 11 heteroatoms. The number of pyridine rings is 1. The van der Waals surface area contributed by atoms with Crippen molar-refractivity contribution in [2.24, 2.45) is 11.3 Å². The van der Waals surface area contributed by atoms with Crippen LogP contribution in [0.2, 0.25) is 0 Å². The first kappa shape index (κ1) is 26.1. The highest BCUT2D eigenvalue weighted by molar-refractivity contribution is 7.90. The maximum atomic E-state index is 14.3. The number of carbonyl (C=O) groups is 1. The van der Waals surface area contributed by atoms with Crippen molar-refractivity contribution in [1.29, 1.82) is 0 Å². The second-order valence-corrected chi connectivity index (χ2v) is 11.4. The number of ether oxygens (including phenoxy) is 1. The van der Waals surface area contributed by atoms with Crippen LogP contribution >= 0.6 is 0 Å². The van der Waals surface area contributed by atoms with E-state index in [1.807, 2.05) is 39.3 Å². The smallest absolute Gasteiger partial charge is 0.281 e. The van der Waals surface area contributed by atoms with Crippen molar-refractivity contribution in [3.05, 3.63) is 54.0 Å². The van der Waals surface area contributed by atoms with Gasteiger partial charge in [-0.1, -0.05) is 34.6 Å². The van der Waals surface area contributed by atoms with Gasteiger partial charge in [-0.25, -0.2) is 14.1 Å². The molecular weight excluding hydrogens is 473 g/mol. The quantitative estimate of drug-likeness (QED) is 0.399. The first-order valence-electron chi connectivity index (χ1n) is 11.1. The summed E-state index contributed by atoms with van der Waals surface area (Å²) in [6.07, 6.45) is 1.27. The number of benzene rings is 1. The number of H-pyrrole nitrogens is 1. The first-order chi connectivity index (χ1) is 16.3. The van der Waals surface area contributed by atoms with Crippen LogP contribution in [0.5, 0.6) is 5.75 Å². The van der Waals surface area contributed by atoms with E-state index in [0.29, 0.717) is 30.2 Å². The lowest BCUT2D eigenvalue weighted by Crippen LogP contribution is -2.32. The Hall–Kier alpha value is -3.47. The number of nitrogens with one attached hydrogen (secondary N) is 3. The van der Waals surface area contributed by atoms with Crippen LogP contribution in [0.4, 0.5) is 10.2 Å². The molecule has 0 bridgehead atoms. The molecule has 1 amide bonds. The number of nitrogens with zero attached hydrogens (tertiary/aromatic N) is 2. The van der Waals surface area contributed by atoms with Gasteiger partial charge in [0.2, 0.25) is 0 Å². The highest BCUT2D eigenvalue weighted by atomic mass is 32.2. The largest absolute Gasteiger partial charge is 0.493 e. The number of aromatic nitrogens is 3. The predicted molar refractivity (Wildman–Crippen MR) is 131 cm³/mol. The van der Waals surface area contributed by atoms with Crippen LogP contribution in [0, 0.1) is 17.2 Å². The molecule has 2 aromatic heterocycles. The van der Waals surface area contributed by atoms with Crippen LogP contribution < -0.4 is 14.8 Å². The van der Waals surface area contributed by atoms with Crippen molar-refractivity contribution in [2.75, 3.05) is 18.5 Å². The van der Waals surface area contributed by atoms with Gasteiger partial charge < -0.3 is 10.1 Å². The molecule has 3 N–H and O–H groups in total. The predicted octanol–water partition coefficient (Wildman–Crippen LogP) is 4.22. The number of rotatable bonds is 9. The molecule has 0 aliphatic carbocycles. The van der Waals surface area contributed by atoms with Crippen LogP contribution in [0.15, 0.2) is 47.6 Å². The summed E-state index contributed by atoms with van der Waals surface area (Å²) in [6, 6.07) is 8.50. The summed E-state index contributed by atoms with van der Waals surface area (Å²) in [5.41, 5.74) is 0.709. The van der Waals surface area contributed by atoms with E-state index >= 15 is 0 Å². The van der Waals surface area contributed by atoms with E-state index in [1.165, 1.54) is 36.5 Å². The van der Waals surface area contributed by atoms with Gasteiger partial charge >= 0.3 is 0 Å². The first-order valence-corrected chi connectivity index (χ1v) is 12.6. The van der Waals surface area contributed by atoms with Gasteiger partial charge in [0.05, 0.1) is 24.1 Å². The summed E-state index contributed by atoms with van der Waals surface area (Å²) in [7, 11) is -4.15. The van der Waals surface area contributed by atoms with Crippen molar-refractivity contribution in [3.8, 4) is 17.0 Å². The molecule has 0 unspecified atom stereocenters. The zero-order chi connectivity index (χ0) is 25.8. The third-order valence-electron chi connectivity index (χ3n) is 4.67. The van der Waals surface area contributed by atoms with E-state index in [1.54, 1.807) is 6.07 Å². The molecule has 0 spiro atoms. The summed E-state index contributed by atoms with van der Waals surface area (Å²) in [5.74, 6) is -0.547. The normalized spacial score (nSPS) is 12.0. The lowest BCUT2D eigenvalue weighted by atomic mass is 9.97. The Morgan fingerprint density at radius 2 is 1.91 bits per heavy atom. The Kier molecular flexibility index (Phi) is 7.79. The van der Waals surface area contributed by atoms with Gasteiger partial charge in [-0.2, -0.15) is 13.5 Å². The SMILES string of the molecule is CC(C)COc1cc(F)cc(-c2ccc(C(=O)NS(=O)(=O)c3ccn[nH]3)c(NCC(C)(C)C)n2)c1. The van der Waals surface area contributed by atoms with Gasteiger partial charge in [-0.05, 0) is 41.7 Å². The van der Waals surface area contributed by atoms with Crippen LogP contribution in [0.3, 0.4) is 0 Å². The molecule has 3 rings (SSSR count). The lowest BCUT2D eigenvalue weighted by molar-refractivity contribution is 0.0981. The molecule has 0 saturated carbocycles. The average Bonchev–Trinajstić information content (AvgIpc) is 3.31. The third kappa shape index (κ3) is 7.25. The minimum absolute atomic E-state index is 0.0220. The van der Waals surface area contributed by atoms with Crippen molar-refractivity contribution in [3.63, 3.8) is 0 Å².